The molecule has 0 fully saturated rings. The van der Waals surface area contributed by atoms with Crippen LogP contribution in [0.4, 0.5) is 18.9 Å². The van der Waals surface area contributed by atoms with Gasteiger partial charge in [0, 0.05) is 16.3 Å². The van der Waals surface area contributed by atoms with E-state index in [0.29, 0.717) is 10.7 Å². The minimum absolute atomic E-state index is 0.0712. The van der Waals surface area contributed by atoms with Gasteiger partial charge >= 0.3 is 12.1 Å². The number of anilines is 1. The number of carbonyl (C=O) groups excluding carboxylic acids is 1. The smallest absolute Gasteiger partial charge is 0.417 e. The number of hydrogen-bond acceptors (Lipinski definition) is 3. The monoisotopic (exact) mass is 473 g/mol. The molecule has 1 aromatic heterocycles. The fourth-order valence-electron chi connectivity index (χ4n) is 2.41. The van der Waals surface area contributed by atoms with E-state index in [-0.39, 0.29) is 22.2 Å². The van der Waals surface area contributed by atoms with Crippen LogP contribution in [0.5, 0.6) is 0 Å². The van der Waals surface area contributed by atoms with E-state index in [0.717, 1.165) is 12.1 Å². The summed E-state index contributed by atoms with van der Waals surface area (Å²) >= 11 is 16.6. The topological polar surface area (TPSA) is 66.3 Å². The highest BCUT2D eigenvalue weighted by Gasteiger charge is 2.33. The van der Waals surface area contributed by atoms with Gasteiger partial charge in [0.25, 0.3) is 0 Å². The zero-order chi connectivity index (χ0) is 21.9. The number of thiocarbonyl (C=S) groups is 1. The number of carbonyl (C=O) groups is 1. The molecule has 30 heavy (non-hydrogen) atoms. The van der Waals surface area contributed by atoms with E-state index < -0.39 is 22.7 Å². The molecule has 0 aliphatic carbocycles. The number of nitrogens with one attached hydrogen (secondary N) is 3. The molecule has 3 rings (SSSR count). The number of furan rings is 1. The van der Waals surface area contributed by atoms with Crippen molar-refractivity contribution in [1.29, 1.82) is 0 Å². The Morgan fingerprint density at radius 3 is 2.47 bits per heavy atom. The number of halogens is 5. The molecule has 0 saturated carbocycles. The third-order valence-electron chi connectivity index (χ3n) is 3.76. The summed E-state index contributed by atoms with van der Waals surface area (Å²) in [5.74, 6) is -0.741. The fourth-order valence-corrected chi connectivity index (χ4v) is 3.00. The van der Waals surface area contributed by atoms with Crippen LogP contribution >= 0.6 is 35.4 Å². The van der Waals surface area contributed by atoms with Gasteiger partial charge in [0.05, 0.1) is 10.6 Å². The van der Waals surface area contributed by atoms with Crippen LogP contribution in [-0.2, 0) is 6.18 Å². The number of benzene rings is 2. The maximum atomic E-state index is 13.0. The molecule has 1 heterocycles. The highest BCUT2D eigenvalue weighted by Crippen LogP contribution is 2.37. The maximum absolute atomic E-state index is 13.0. The van der Waals surface area contributed by atoms with Gasteiger partial charge in [-0.05, 0) is 60.7 Å². The predicted octanol–water partition coefficient (Wildman–Crippen LogP) is 5.90. The van der Waals surface area contributed by atoms with Crippen LogP contribution in [0.1, 0.15) is 16.1 Å². The van der Waals surface area contributed by atoms with E-state index in [1.165, 1.54) is 18.2 Å². The van der Waals surface area contributed by atoms with Crippen LogP contribution in [0.3, 0.4) is 0 Å². The molecule has 5 nitrogen and oxygen atoms in total. The Kier molecular flexibility index (Phi) is 6.55. The minimum atomic E-state index is -4.62. The zero-order valence-corrected chi connectivity index (χ0v) is 17.1. The molecule has 0 atom stereocenters. The highest BCUT2D eigenvalue weighted by molar-refractivity contribution is 7.80. The van der Waals surface area contributed by atoms with Crippen molar-refractivity contribution < 1.29 is 22.4 Å². The van der Waals surface area contributed by atoms with Crippen molar-refractivity contribution in [1.82, 2.24) is 10.9 Å². The van der Waals surface area contributed by atoms with Gasteiger partial charge in [-0.3, -0.25) is 15.6 Å². The van der Waals surface area contributed by atoms with Crippen LogP contribution in [0, 0.1) is 0 Å². The zero-order valence-electron chi connectivity index (χ0n) is 14.8. The van der Waals surface area contributed by atoms with Crippen LogP contribution in [0.15, 0.2) is 59.0 Å². The molecule has 156 valence electrons. The van der Waals surface area contributed by atoms with Gasteiger partial charge in [-0.2, -0.15) is 13.2 Å². The van der Waals surface area contributed by atoms with Crippen molar-refractivity contribution in [3.63, 3.8) is 0 Å². The summed E-state index contributed by atoms with van der Waals surface area (Å²) in [6.45, 7) is 0. The number of rotatable bonds is 3. The Morgan fingerprint density at radius 1 is 1.00 bits per heavy atom. The highest BCUT2D eigenvalue weighted by atomic mass is 35.5. The molecule has 3 aromatic rings. The van der Waals surface area contributed by atoms with Gasteiger partial charge in [0.1, 0.15) is 5.76 Å². The average molecular weight is 474 g/mol. The average Bonchev–Trinajstić information content (AvgIpc) is 3.16. The molecular weight excluding hydrogens is 462 g/mol. The van der Waals surface area contributed by atoms with Gasteiger partial charge in [0.2, 0.25) is 0 Å². The fraction of sp³-hybridized carbons (Fsp3) is 0.0526. The number of hydrogen-bond donors (Lipinski definition) is 3. The van der Waals surface area contributed by atoms with E-state index in [9.17, 15) is 18.0 Å². The molecule has 0 unspecified atom stereocenters. The van der Waals surface area contributed by atoms with Crippen LogP contribution in [0.2, 0.25) is 10.0 Å². The van der Waals surface area contributed by atoms with Crippen molar-refractivity contribution in [2.24, 2.45) is 0 Å². The van der Waals surface area contributed by atoms with E-state index in [1.54, 1.807) is 24.3 Å². The SMILES string of the molecule is O=C(NNC(=S)Nc1cccc(Cl)c1)c1ccc(-c2ccc(Cl)c(C(F)(F)F)c2)o1. The lowest BCUT2D eigenvalue weighted by atomic mass is 10.1. The standard InChI is InChI=1S/C19H12Cl2F3N3O2S/c20-11-2-1-3-12(9-11)25-18(30)27-26-17(28)16-7-6-15(29-16)10-4-5-14(21)13(8-10)19(22,23)24/h1-9H,(H,26,28)(H2,25,27,30). The van der Waals surface area contributed by atoms with Crippen molar-refractivity contribution >= 4 is 52.1 Å². The minimum Gasteiger partial charge on any atom is -0.451 e. The molecule has 0 saturated heterocycles. The summed E-state index contributed by atoms with van der Waals surface area (Å²) in [5.41, 5.74) is 4.54. The Morgan fingerprint density at radius 2 is 1.77 bits per heavy atom. The van der Waals surface area contributed by atoms with Crippen LogP contribution in [0.25, 0.3) is 11.3 Å². The predicted molar refractivity (Wildman–Crippen MR) is 112 cm³/mol. The third kappa shape index (κ3) is 5.44. The summed E-state index contributed by atoms with van der Waals surface area (Å²) < 4.78 is 44.4. The van der Waals surface area contributed by atoms with Crippen molar-refractivity contribution in [2.45, 2.75) is 6.18 Å². The molecule has 0 radical (unpaired) electrons. The normalized spacial score (nSPS) is 11.1. The quantitative estimate of drug-likeness (QED) is 0.326. The maximum Gasteiger partial charge on any atom is 0.417 e. The van der Waals surface area contributed by atoms with Gasteiger partial charge in [0.15, 0.2) is 10.9 Å². The Bertz CT molecular complexity index is 1100. The Hall–Kier alpha value is -2.75. The molecule has 0 spiro atoms. The van der Waals surface area contributed by atoms with Gasteiger partial charge < -0.3 is 9.73 Å². The second-order valence-corrected chi connectivity index (χ2v) is 7.15. The van der Waals surface area contributed by atoms with Gasteiger partial charge in [-0.1, -0.05) is 29.3 Å². The van der Waals surface area contributed by atoms with Gasteiger partial charge in [-0.15, -0.1) is 0 Å². The molecule has 11 heteroatoms. The molecule has 0 bridgehead atoms. The number of alkyl halides is 3. The van der Waals surface area contributed by atoms with E-state index in [2.05, 4.69) is 16.2 Å². The van der Waals surface area contributed by atoms with Crippen molar-refractivity contribution in [3.05, 3.63) is 76.0 Å². The largest absolute Gasteiger partial charge is 0.451 e. The summed E-state index contributed by atoms with van der Waals surface area (Å²) in [4.78, 5) is 12.2. The number of hydrazine groups is 1. The Balaban J connectivity index is 1.64. The first-order valence-electron chi connectivity index (χ1n) is 8.23. The second kappa shape index (κ2) is 8.95. The molecule has 2 aromatic carbocycles. The molecule has 1 amide bonds. The van der Waals surface area contributed by atoms with E-state index >= 15 is 0 Å². The molecule has 0 aliphatic rings. The van der Waals surface area contributed by atoms with Crippen LogP contribution in [-0.4, -0.2) is 11.0 Å². The lowest BCUT2D eigenvalue weighted by molar-refractivity contribution is -0.137. The second-order valence-electron chi connectivity index (χ2n) is 5.90. The Labute approximate surface area is 184 Å². The molecule has 0 aliphatic heterocycles. The first-order valence-corrected chi connectivity index (χ1v) is 9.40. The summed E-state index contributed by atoms with van der Waals surface area (Å²) in [5, 5.41) is 2.98. The van der Waals surface area contributed by atoms with E-state index in [4.69, 9.17) is 39.8 Å². The van der Waals surface area contributed by atoms with Crippen LogP contribution < -0.4 is 16.2 Å². The summed E-state index contributed by atoms with van der Waals surface area (Å²) in [6, 6.07) is 12.8. The molecule has 3 N–H and O–H groups in total. The molecular formula is C19H12Cl2F3N3O2S. The van der Waals surface area contributed by atoms with Crippen molar-refractivity contribution in [3.8, 4) is 11.3 Å². The number of amides is 1. The first-order chi connectivity index (χ1) is 14.1. The van der Waals surface area contributed by atoms with E-state index in [1.807, 2.05) is 0 Å². The van der Waals surface area contributed by atoms with Gasteiger partial charge in [-0.25, -0.2) is 0 Å². The van der Waals surface area contributed by atoms with Crippen molar-refractivity contribution in [2.75, 3.05) is 5.32 Å². The summed E-state index contributed by atoms with van der Waals surface area (Å²) in [6.07, 6.45) is -4.62. The summed E-state index contributed by atoms with van der Waals surface area (Å²) in [7, 11) is 0. The first kappa shape index (κ1) is 21.9. The third-order valence-corrected chi connectivity index (χ3v) is 4.53. The lowest BCUT2D eigenvalue weighted by Crippen LogP contribution is -2.43. The lowest BCUT2D eigenvalue weighted by Gasteiger charge is -2.11.